The number of nitrogens with two attached hydrogens (primary N) is 1. The summed E-state index contributed by atoms with van der Waals surface area (Å²) in [7, 11) is -3.90. The van der Waals surface area contributed by atoms with Crippen LogP contribution in [0.2, 0.25) is 0 Å². The first-order chi connectivity index (χ1) is 9.02. The summed E-state index contributed by atoms with van der Waals surface area (Å²) in [6.45, 7) is 1.28. The summed E-state index contributed by atoms with van der Waals surface area (Å²) in [6.07, 6.45) is -5.48. The smallest absolute Gasteiger partial charge is 0.352 e. The lowest BCUT2D eigenvalue weighted by atomic mass is 10.2. The molecule has 0 saturated carbocycles. The number of hydrogen-bond acceptors (Lipinski definition) is 4. The average Bonchev–Trinajstić information content (AvgIpc) is 2.64. The molecule has 5 nitrogen and oxygen atoms in total. The van der Waals surface area contributed by atoms with Gasteiger partial charge in [-0.3, -0.25) is 4.79 Å². The standard InChI is InChI=1S/C10H13F3N2O3S2/c1-6-7(5-19-9(6)20(14,17)18)8(16)15-4-2-3-10(11,12)13/h5H,2-4H2,1H3,(H,15,16)(H2,14,17,18). The van der Waals surface area contributed by atoms with Gasteiger partial charge >= 0.3 is 6.18 Å². The van der Waals surface area contributed by atoms with Crippen LogP contribution in [0, 0.1) is 6.92 Å². The molecule has 0 bridgehead atoms. The zero-order valence-corrected chi connectivity index (χ0v) is 12.1. The third-order valence-corrected chi connectivity index (χ3v) is 5.10. The molecule has 0 aliphatic rings. The van der Waals surface area contributed by atoms with E-state index in [0.717, 1.165) is 11.3 Å². The maximum atomic E-state index is 11.9. The maximum Gasteiger partial charge on any atom is 0.389 e. The predicted molar refractivity (Wildman–Crippen MR) is 68.1 cm³/mol. The summed E-state index contributed by atoms with van der Waals surface area (Å²) >= 11 is 0.801. The number of thiophene rings is 1. The summed E-state index contributed by atoms with van der Waals surface area (Å²) in [5, 5.41) is 8.59. The third-order valence-electron chi connectivity index (χ3n) is 2.42. The minimum Gasteiger partial charge on any atom is -0.352 e. The number of rotatable bonds is 5. The molecule has 10 heteroatoms. The molecule has 0 spiro atoms. The Hall–Kier alpha value is -1.13. The number of hydrogen-bond donors (Lipinski definition) is 2. The van der Waals surface area contributed by atoms with Crippen LogP contribution in [0.15, 0.2) is 9.59 Å². The van der Waals surface area contributed by atoms with Crippen LogP contribution in [0.25, 0.3) is 0 Å². The van der Waals surface area contributed by atoms with E-state index in [9.17, 15) is 26.4 Å². The second kappa shape index (κ2) is 6.10. The molecule has 1 heterocycles. The molecule has 0 atom stereocenters. The minimum absolute atomic E-state index is 0.103. The number of nitrogens with one attached hydrogen (secondary N) is 1. The van der Waals surface area contributed by atoms with Gasteiger partial charge in [0.15, 0.2) is 0 Å². The molecule has 0 fully saturated rings. The van der Waals surface area contributed by atoms with E-state index in [1.807, 2.05) is 0 Å². The van der Waals surface area contributed by atoms with Crippen LogP contribution < -0.4 is 10.5 Å². The van der Waals surface area contributed by atoms with Gasteiger partial charge in [0, 0.05) is 18.3 Å². The fourth-order valence-corrected chi connectivity index (χ4v) is 3.50. The Bertz CT molecular complexity index is 593. The Balaban J connectivity index is 2.64. The highest BCUT2D eigenvalue weighted by molar-refractivity contribution is 7.91. The normalized spacial score (nSPS) is 12.4. The number of sulfonamides is 1. The van der Waals surface area contributed by atoms with Gasteiger partial charge in [-0.25, -0.2) is 13.6 Å². The molecular weight excluding hydrogens is 317 g/mol. The molecule has 114 valence electrons. The van der Waals surface area contributed by atoms with Gasteiger partial charge < -0.3 is 5.32 Å². The van der Waals surface area contributed by atoms with Crippen molar-refractivity contribution in [3.05, 3.63) is 16.5 Å². The van der Waals surface area contributed by atoms with Crippen molar-refractivity contribution < 1.29 is 26.4 Å². The number of carbonyl (C=O) groups excluding carboxylic acids is 1. The average molecular weight is 330 g/mol. The summed E-state index contributed by atoms with van der Waals surface area (Å²) in [5.41, 5.74) is 0.303. The molecule has 1 aromatic heterocycles. The molecular formula is C10H13F3N2O3S2. The van der Waals surface area contributed by atoms with Crippen LogP contribution >= 0.6 is 11.3 Å². The van der Waals surface area contributed by atoms with Crippen LogP contribution in [0.1, 0.15) is 28.8 Å². The van der Waals surface area contributed by atoms with E-state index in [0.29, 0.717) is 0 Å². The van der Waals surface area contributed by atoms with Crippen molar-refractivity contribution in [3.63, 3.8) is 0 Å². The van der Waals surface area contributed by atoms with Crippen LogP contribution in [-0.2, 0) is 10.0 Å². The molecule has 1 amide bonds. The van der Waals surface area contributed by atoms with Crippen molar-refractivity contribution in [2.45, 2.75) is 30.2 Å². The van der Waals surface area contributed by atoms with Gasteiger partial charge in [-0.15, -0.1) is 11.3 Å². The monoisotopic (exact) mass is 330 g/mol. The molecule has 0 aliphatic carbocycles. The van der Waals surface area contributed by atoms with Gasteiger partial charge in [0.1, 0.15) is 4.21 Å². The van der Waals surface area contributed by atoms with E-state index in [4.69, 9.17) is 5.14 Å². The molecule has 3 N–H and O–H groups in total. The zero-order chi connectivity index (χ0) is 15.6. The Morgan fingerprint density at radius 1 is 1.45 bits per heavy atom. The van der Waals surface area contributed by atoms with E-state index in [-0.39, 0.29) is 28.3 Å². The number of amides is 1. The van der Waals surface area contributed by atoms with Gasteiger partial charge in [0.25, 0.3) is 5.91 Å². The Labute approximate surface area is 118 Å². The molecule has 20 heavy (non-hydrogen) atoms. The van der Waals surface area contributed by atoms with Crippen molar-refractivity contribution in [2.24, 2.45) is 5.14 Å². The van der Waals surface area contributed by atoms with Gasteiger partial charge in [-0.2, -0.15) is 13.2 Å². The van der Waals surface area contributed by atoms with Crippen molar-refractivity contribution in [1.82, 2.24) is 5.32 Å². The summed E-state index contributed by atoms with van der Waals surface area (Å²) < 4.78 is 58.0. The molecule has 1 aromatic rings. The summed E-state index contributed by atoms with van der Waals surface area (Å²) in [4.78, 5) is 11.7. The van der Waals surface area contributed by atoms with Crippen LogP contribution in [-0.4, -0.2) is 27.0 Å². The Morgan fingerprint density at radius 2 is 2.05 bits per heavy atom. The van der Waals surface area contributed by atoms with E-state index < -0.39 is 28.5 Å². The minimum atomic E-state index is -4.26. The third kappa shape index (κ3) is 4.76. The van der Waals surface area contributed by atoms with Crippen molar-refractivity contribution in [3.8, 4) is 0 Å². The van der Waals surface area contributed by atoms with E-state index in [2.05, 4.69) is 5.32 Å². The van der Waals surface area contributed by atoms with Crippen LogP contribution in [0.5, 0.6) is 0 Å². The lowest BCUT2D eigenvalue weighted by molar-refractivity contribution is -0.135. The van der Waals surface area contributed by atoms with Gasteiger partial charge in [-0.1, -0.05) is 0 Å². The fourth-order valence-electron chi connectivity index (χ4n) is 1.49. The zero-order valence-electron chi connectivity index (χ0n) is 10.5. The fraction of sp³-hybridized carbons (Fsp3) is 0.500. The number of alkyl halides is 3. The Morgan fingerprint density at radius 3 is 2.50 bits per heavy atom. The van der Waals surface area contributed by atoms with Crippen LogP contribution in [0.3, 0.4) is 0 Å². The number of primary sulfonamides is 1. The first-order valence-corrected chi connectivity index (χ1v) is 7.91. The maximum absolute atomic E-state index is 11.9. The van der Waals surface area contributed by atoms with Gasteiger partial charge in [-0.05, 0) is 18.9 Å². The molecule has 1 rings (SSSR count). The molecule has 0 radical (unpaired) electrons. The summed E-state index contributed by atoms with van der Waals surface area (Å²) in [5.74, 6) is -0.615. The molecule has 0 aromatic carbocycles. The van der Waals surface area contributed by atoms with E-state index in [1.54, 1.807) is 0 Å². The molecule has 0 saturated heterocycles. The predicted octanol–water partition coefficient (Wildman–Crippen LogP) is 1.78. The SMILES string of the molecule is Cc1c(C(=O)NCCCC(F)(F)F)csc1S(N)(=O)=O. The van der Waals surface area contributed by atoms with Crippen molar-refractivity contribution >= 4 is 27.3 Å². The second-order valence-corrected chi connectivity index (χ2v) is 6.72. The lowest BCUT2D eigenvalue weighted by Gasteiger charge is -2.07. The first kappa shape index (κ1) is 16.9. The molecule has 0 unspecified atom stereocenters. The highest BCUT2D eigenvalue weighted by atomic mass is 32.2. The van der Waals surface area contributed by atoms with Gasteiger partial charge in [0.2, 0.25) is 10.0 Å². The quantitative estimate of drug-likeness (QED) is 0.807. The first-order valence-electron chi connectivity index (χ1n) is 5.48. The van der Waals surface area contributed by atoms with Crippen molar-refractivity contribution in [1.29, 1.82) is 0 Å². The van der Waals surface area contributed by atoms with Crippen molar-refractivity contribution in [2.75, 3.05) is 6.54 Å². The van der Waals surface area contributed by atoms with Gasteiger partial charge in [0.05, 0.1) is 5.56 Å². The Kier molecular flexibility index (Phi) is 5.16. The lowest BCUT2D eigenvalue weighted by Crippen LogP contribution is -2.26. The van der Waals surface area contributed by atoms with E-state index in [1.165, 1.54) is 12.3 Å². The summed E-state index contributed by atoms with van der Waals surface area (Å²) in [6, 6.07) is 0. The number of halogens is 3. The van der Waals surface area contributed by atoms with E-state index >= 15 is 0 Å². The number of carbonyl (C=O) groups is 1. The highest BCUT2D eigenvalue weighted by Crippen LogP contribution is 2.25. The molecule has 0 aliphatic heterocycles. The highest BCUT2D eigenvalue weighted by Gasteiger charge is 2.26. The van der Waals surface area contributed by atoms with Crippen LogP contribution in [0.4, 0.5) is 13.2 Å². The topological polar surface area (TPSA) is 89.3 Å². The largest absolute Gasteiger partial charge is 0.389 e. The second-order valence-electron chi connectivity index (χ2n) is 4.08.